The first-order valence-electron chi connectivity index (χ1n) is 11.1. The molecular formula is C26H28N4O2. The van der Waals surface area contributed by atoms with E-state index < -0.39 is 5.60 Å². The van der Waals surface area contributed by atoms with E-state index in [9.17, 15) is 4.79 Å². The molecule has 6 nitrogen and oxygen atoms in total. The lowest BCUT2D eigenvalue weighted by atomic mass is 9.96. The number of aromatic nitrogens is 2. The van der Waals surface area contributed by atoms with Crippen molar-refractivity contribution >= 4 is 11.8 Å². The smallest absolute Gasteiger partial charge is 0.410 e. The maximum atomic E-state index is 12.5. The average Bonchev–Trinajstić information content (AvgIpc) is 3.17. The number of anilines is 1. The number of hydrogen-bond acceptors (Lipinski definition) is 5. The summed E-state index contributed by atoms with van der Waals surface area (Å²) in [5.41, 5.74) is 7.84. The van der Waals surface area contributed by atoms with Gasteiger partial charge in [0, 0.05) is 68.0 Å². The Kier molecular flexibility index (Phi) is 5.08. The van der Waals surface area contributed by atoms with E-state index in [0.717, 1.165) is 42.0 Å². The molecule has 32 heavy (non-hydrogen) atoms. The van der Waals surface area contributed by atoms with Gasteiger partial charge in [0.25, 0.3) is 0 Å². The lowest BCUT2D eigenvalue weighted by molar-refractivity contribution is 0.0240. The molecule has 3 heterocycles. The summed E-state index contributed by atoms with van der Waals surface area (Å²) in [6.07, 6.45) is 6.32. The molecule has 1 saturated heterocycles. The molecule has 0 spiro atoms. The Balaban J connectivity index is 1.43. The van der Waals surface area contributed by atoms with Gasteiger partial charge >= 0.3 is 6.09 Å². The molecule has 5 rings (SSSR count). The van der Waals surface area contributed by atoms with Crippen LogP contribution in [-0.4, -0.2) is 52.7 Å². The Morgan fingerprint density at radius 3 is 2.50 bits per heavy atom. The summed E-state index contributed by atoms with van der Waals surface area (Å²) in [7, 11) is 0. The van der Waals surface area contributed by atoms with Crippen LogP contribution < -0.4 is 4.90 Å². The van der Waals surface area contributed by atoms with E-state index in [4.69, 9.17) is 4.74 Å². The van der Waals surface area contributed by atoms with Crippen molar-refractivity contribution in [1.82, 2.24) is 14.9 Å². The van der Waals surface area contributed by atoms with E-state index in [1.807, 2.05) is 39.4 Å². The van der Waals surface area contributed by atoms with Gasteiger partial charge in [0.15, 0.2) is 0 Å². The molecule has 0 unspecified atom stereocenters. The van der Waals surface area contributed by atoms with Gasteiger partial charge in [-0.1, -0.05) is 24.3 Å². The molecule has 3 aromatic rings. The fourth-order valence-electron chi connectivity index (χ4n) is 4.59. The molecule has 0 N–H and O–H groups in total. The number of hydrogen-bond donors (Lipinski definition) is 0. The van der Waals surface area contributed by atoms with Gasteiger partial charge in [0.2, 0.25) is 0 Å². The first-order valence-corrected chi connectivity index (χ1v) is 11.1. The molecule has 0 bridgehead atoms. The van der Waals surface area contributed by atoms with Gasteiger partial charge in [-0.05, 0) is 49.6 Å². The number of carbonyl (C=O) groups excluding carboxylic acids is 1. The Morgan fingerprint density at radius 2 is 1.72 bits per heavy atom. The van der Waals surface area contributed by atoms with Crippen LogP contribution in [0.4, 0.5) is 10.5 Å². The number of fused-ring (bicyclic) bond motifs is 3. The summed E-state index contributed by atoms with van der Waals surface area (Å²) in [6.45, 7) is 8.46. The highest BCUT2D eigenvalue weighted by molar-refractivity contribution is 5.93. The Morgan fingerprint density at radius 1 is 0.938 bits per heavy atom. The molecule has 1 fully saturated rings. The van der Waals surface area contributed by atoms with Gasteiger partial charge in [0.05, 0.1) is 5.69 Å². The van der Waals surface area contributed by atoms with Crippen LogP contribution in [0.5, 0.6) is 0 Å². The molecule has 1 amide bonds. The van der Waals surface area contributed by atoms with Crippen molar-refractivity contribution in [2.45, 2.75) is 32.8 Å². The van der Waals surface area contributed by atoms with Crippen molar-refractivity contribution in [2.24, 2.45) is 0 Å². The van der Waals surface area contributed by atoms with Crippen molar-refractivity contribution < 1.29 is 9.53 Å². The van der Waals surface area contributed by atoms with Crippen molar-refractivity contribution in [3.63, 3.8) is 0 Å². The minimum absolute atomic E-state index is 0.240. The normalized spacial score (nSPS) is 15.3. The van der Waals surface area contributed by atoms with E-state index in [1.54, 1.807) is 4.90 Å². The van der Waals surface area contributed by atoms with Gasteiger partial charge < -0.3 is 14.5 Å². The zero-order chi connectivity index (χ0) is 22.3. The minimum atomic E-state index is -0.482. The number of carbonyl (C=O) groups is 1. The van der Waals surface area contributed by atoms with Gasteiger partial charge in [-0.25, -0.2) is 4.79 Å². The van der Waals surface area contributed by atoms with Gasteiger partial charge in [-0.2, -0.15) is 0 Å². The average molecular weight is 429 g/mol. The number of nitrogens with zero attached hydrogens (tertiary/aromatic N) is 4. The molecule has 0 saturated carbocycles. The quantitative estimate of drug-likeness (QED) is 0.460. The van der Waals surface area contributed by atoms with Crippen molar-refractivity contribution in [2.75, 3.05) is 31.1 Å². The summed E-state index contributed by atoms with van der Waals surface area (Å²) in [5.74, 6) is 0. The monoisotopic (exact) mass is 428 g/mol. The lowest BCUT2D eigenvalue weighted by Crippen LogP contribution is -2.50. The maximum absolute atomic E-state index is 12.5. The molecule has 6 heteroatoms. The predicted molar refractivity (Wildman–Crippen MR) is 126 cm³/mol. The third-order valence-corrected chi connectivity index (χ3v) is 6.03. The molecule has 2 aliphatic rings. The summed E-state index contributed by atoms with van der Waals surface area (Å²) in [4.78, 5) is 25.7. The SMILES string of the molecule is CC(C)(C)OC(=O)N1CCN(c2ccncc2-c2ccnc3c2-c2ccccc2C3)CC1. The van der Waals surface area contributed by atoms with Crippen LogP contribution >= 0.6 is 0 Å². The van der Waals surface area contributed by atoms with E-state index in [0.29, 0.717) is 13.1 Å². The third kappa shape index (κ3) is 3.81. The molecule has 0 atom stereocenters. The first kappa shape index (κ1) is 20.5. The predicted octanol–water partition coefficient (Wildman–Crippen LogP) is 4.77. The Labute approximate surface area is 188 Å². The Hall–Kier alpha value is -3.41. The molecule has 0 radical (unpaired) electrons. The summed E-state index contributed by atoms with van der Waals surface area (Å²) in [5, 5.41) is 0. The van der Waals surface area contributed by atoms with Crippen LogP contribution in [0.1, 0.15) is 32.0 Å². The molecule has 2 aromatic heterocycles. The zero-order valence-electron chi connectivity index (χ0n) is 18.8. The maximum Gasteiger partial charge on any atom is 0.410 e. The fourth-order valence-corrected chi connectivity index (χ4v) is 4.59. The van der Waals surface area contributed by atoms with Crippen molar-refractivity contribution in [1.29, 1.82) is 0 Å². The second-order valence-corrected chi connectivity index (χ2v) is 9.36. The van der Waals surface area contributed by atoms with E-state index in [-0.39, 0.29) is 6.09 Å². The lowest BCUT2D eigenvalue weighted by Gasteiger charge is -2.37. The van der Waals surface area contributed by atoms with E-state index in [2.05, 4.69) is 51.3 Å². The highest BCUT2D eigenvalue weighted by Gasteiger charge is 2.28. The van der Waals surface area contributed by atoms with Gasteiger partial charge in [-0.3, -0.25) is 9.97 Å². The Bertz CT molecular complexity index is 1160. The van der Waals surface area contributed by atoms with Gasteiger partial charge in [-0.15, -0.1) is 0 Å². The number of amides is 1. The zero-order valence-corrected chi connectivity index (χ0v) is 18.8. The second kappa shape index (κ2) is 7.93. The summed E-state index contributed by atoms with van der Waals surface area (Å²) < 4.78 is 5.55. The fraction of sp³-hybridized carbons (Fsp3) is 0.346. The number of pyridine rings is 2. The third-order valence-electron chi connectivity index (χ3n) is 6.03. The summed E-state index contributed by atoms with van der Waals surface area (Å²) in [6, 6.07) is 12.7. The van der Waals surface area contributed by atoms with Crippen LogP contribution in [0, 0.1) is 0 Å². The number of benzene rings is 1. The topological polar surface area (TPSA) is 58.6 Å². The largest absolute Gasteiger partial charge is 0.444 e. The molecule has 1 aliphatic carbocycles. The van der Waals surface area contributed by atoms with E-state index in [1.165, 1.54) is 16.7 Å². The molecule has 1 aliphatic heterocycles. The van der Waals surface area contributed by atoms with Crippen molar-refractivity contribution in [3.05, 3.63) is 66.2 Å². The highest BCUT2D eigenvalue weighted by Crippen LogP contribution is 2.44. The second-order valence-electron chi connectivity index (χ2n) is 9.36. The van der Waals surface area contributed by atoms with Crippen molar-refractivity contribution in [3.8, 4) is 22.3 Å². The highest BCUT2D eigenvalue weighted by atomic mass is 16.6. The summed E-state index contributed by atoms with van der Waals surface area (Å²) >= 11 is 0. The van der Waals surface area contributed by atoms with Crippen LogP contribution in [0.25, 0.3) is 22.3 Å². The van der Waals surface area contributed by atoms with Crippen LogP contribution in [0.2, 0.25) is 0 Å². The number of piperazine rings is 1. The number of rotatable bonds is 2. The number of ether oxygens (including phenoxy) is 1. The molecular weight excluding hydrogens is 400 g/mol. The standard InChI is InChI=1S/C26H28N4O2/c1-26(2,3)32-25(31)30-14-12-29(13-15-30)23-9-10-27-17-21(23)20-8-11-28-22-16-18-6-4-5-7-19(18)24(20)22/h4-11,17H,12-16H2,1-3H3. The van der Waals surface area contributed by atoms with Crippen LogP contribution in [0.3, 0.4) is 0 Å². The van der Waals surface area contributed by atoms with E-state index >= 15 is 0 Å². The molecule has 164 valence electrons. The van der Waals surface area contributed by atoms with Crippen LogP contribution in [0.15, 0.2) is 55.0 Å². The van der Waals surface area contributed by atoms with Gasteiger partial charge in [0.1, 0.15) is 5.60 Å². The first-order chi connectivity index (χ1) is 15.4. The minimum Gasteiger partial charge on any atom is -0.444 e. The molecule has 1 aromatic carbocycles. The van der Waals surface area contributed by atoms with Crippen LogP contribution in [-0.2, 0) is 11.2 Å².